The van der Waals surface area contributed by atoms with Crippen LogP contribution < -0.4 is 0 Å². The van der Waals surface area contributed by atoms with E-state index in [9.17, 15) is 0 Å². The second kappa shape index (κ2) is 11.7. The van der Waals surface area contributed by atoms with Crippen molar-refractivity contribution >= 4 is 0 Å². The Hall–Kier alpha value is -1.81. The quantitative estimate of drug-likeness (QED) is 0.469. The van der Waals surface area contributed by atoms with E-state index < -0.39 is 0 Å². The van der Waals surface area contributed by atoms with Crippen LogP contribution in [0.1, 0.15) is 76.5 Å². The molecule has 0 unspecified atom stereocenters. The van der Waals surface area contributed by atoms with Crippen LogP contribution in [0.4, 0.5) is 0 Å². The Balaban J connectivity index is 0. The van der Waals surface area contributed by atoms with Crippen LogP contribution in [0.2, 0.25) is 0 Å². The lowest BCUT2D eigenvalue weighted by Gasteiger charge is -2.09. The summed E-state index contributed by atoms with van der Waals surface area (Å²) < 4.78 is 0. The molecular formula is C23H37N. The Morgan fingerprint density at radius 3 is 1.38 bits per heavy atom. The number of nitrogens with zero attached hydrogens (tertiary/aromatic N) is 1. The number of hydrogen-bond acceptors (Lipinski definition) is 1. The Kier molecular flexibility index (Phi) is 11.9. The highest BCUT2D eigenvalue weighted by Crippen LogP contribution is 2.23. The zero-order chi connectivity index (χ0) is 18.2. The summed E-state index contributed by atoms with van der Waals surface area (Å²) in [5.41, 5.74) is 10.8. The molecule has 1 aliphatic rings. The highest BCUT2D eigenvalue weighted by Gasteiger charge is 2.04. The van der Waals surface area contributed by atoms with Crippen molar-refractivity contribution in [2.75, 3.05) is 0 Å². The van der Waals surface area contributed by atoms with Crippen LogP contribution in [-0.2, 0) is 0 Å². The Labute approximate surface area is 151 Å². The molecular weight excluding hydrogens is 290 g/mol. The lowest BCUT2D eigenvalue weighted by Crippen LogP contribution is -1.98. The number of pyridine rings is 1. The number of allylic oxidation sites excluding steroid dienone is 4. The summed E-state index contributed by atoms with van der Waals surface area (Å²) in [5.74, 6) is 5.36. The molecule has 0 aliphatic heterocycles. The fourth-order valence-electron chi connectivity index (χ4n) is 2.19. The molecule has 1 heterocycles. The molecule has 0 bridgehead atoms. The van der Waals surface area contributed by atoms with Gasteiger partial charge >= 0.3 is 0 Å². The molecule has 0 N–H and O–H groups in total. The van der Waals surface area contributed by atoms with Gasteiger partial charge < -0.3 is 0 Å². The molecule has 0 fully saturated rings. The van der Waals surface area contributed by atoms with Crippen molar-refractivity contribution in [2.45, 2.75) is 83.1 Å². The summed E-state index contributed by atoms with van der Waals surface area (Å²) in [6.45, 7) is 20.7. The van der Waals surface area contributed by atoms with Gasteiger partial charge in [-0.15, -0.1) is 11.8 Å². The van der Waals surface area contributed by atoms with Crippen molar-refractivity contribution in [3.63, 3.8) is 0 Å². The summed E-state index contributed by atoms with van der Waals surface area (Å²) in [6.07, 6.45) is 3.46. The molecule has 1 heteroatoms. The minimum absolute atomic E-state index is 0. The van der Waals surface area contributed by atoms with Crippen LogP contribution in [0.25, 0.3) is 0 Å². The predicted molar refractivity (Wildman–Crippen MR) is 111 cm³/mol. The van der Waals surface area contributed by atoms with E-state index in [1.54, 1.807) is 0 Å². The summed E-state index contributed by atoms with van der Waals surface area (Å²) in [5, 5.41) is 0. The van der Waals surface area contributed by atoms with E-state index in [0.29, 0.717) is 0 Å². The van der Waals surface area contributed by atoms with Crippen molar-refractivity contribution in [1.82, 2.24) is 4.98 Å². The van der Waals surface area contributed by atoms with Gasteiger partial charge in [0.1, 0.15) is 0 Å². The van der Waals surface area contributed by atoms with E-state index in [1.807, 2.05) is 13.8 Å². The molecule has 134 valence electrons. The maximum Gasteiger partial charge on any atom is 0.0407 e. The lowest BCUT2D eigenvalue weighted by molar-refractivity contribution is 1.03. The van der Waals surface area contributed by atoms with Crippen LogP contribution >= 0.6 is 0 Å². The zero-order valence-corrected chi connectivity index (χ0v) is 16.7. The van der Waals surface area contributed by atoms with Crippen LogP contribution in [0.3, 0.4) is 0 Å². The summed E-state index contributed by atoms with van der Waals surface area (Å²) >= 11 is 0. The molecule has 1 aromatic rings. The molecule has 24 heavy (non-hydrogen) atoms. The van der Waals surface area contributed by atoms with Gasteiger partial charge in [0, 0.05) is 11.4 Å². The van der Waals surface area contributed by atoms with Crippen molar-refractivity contribution < 1.29 is 0 Å². The monoisotopic (exact) mass is 327 g/mol. The molecule has 0 saturated carbocycles. The van der Waals surface area contributed by atoms with Crippen LogP contribution in [-0.4, -0.2) is 4.98 Å². The first-order valence-electron chi connectivity index (χ1n) is 8.25. The lowest BCUT2D eigenvalue weighted by atomic mass is 10.0. The average Bonchev–Trinajstić information content (AvgIpc) is 2.83. The van der Waals surface area contributed by atoms with Gasteiger partial charge in [0.15, 0.2) is 0 Å². The van der Waals surface area contributed by atoms with Gasteiger partial charge in [-0.3, -0.25) is 4.98 Å². The number of rotatable bonds is 0. The van der Waals surface area contributed by atoms with E-state index in [0.717, 1.165) is 11.4 Å². The topological polar surface area (TPSA) is 12.9 Å². The van der Waals surface area contributed by atoms with E-state index in [4.69, 9.17) is 0 Å². The van der Waals surface area contributed by atoms with Gasteiger partial charge in [0.2, 0.25) is 0 Å². The fraction of sp³-hybridized carbons (Fsp3) is 0.522. The second-order valence-electron chi connectivity index (χ2n) is 6.15. The van der Waals surface area contributed by atoms with E-state index in [1.165, 1.54) is 39.8 Å². The van der Waals surface area contributed by atoms with Crippen LogP contribution in [0.15, 0.2) is 22.8 Å². The molecule has 2 rings (SSSR count). The molecule has 0 aromatic carbocycles. The van der Waals surface area contributed by atoms with Crippen molar-refractivity contribution in [1.29, 1.82) is 0 Å². The first-order chi connectivity index (χ1) is 10.7. The average molecular weight is 328 g/mol. The Morgan fingerprint density at radius 1 is 0.750 bits per heavy atom. The van der Waals surface area contributed by atoms with E-state index in [-0.39, 0.29) is 7.43 Å². The maximum absolute atomic E-state index is 4.43. The standard InChI is InChI=1S/C10H15N.C8H12.C4H6.CH4/c1-6-7(2)9(4)11-10(5)8(6)3;1-6-4-5-7(2)8(6)3;1-3-4-2;/h1-5H3;4H,5H2,1-3H3;1-2H3;1H4. The normalized spacial score (nSPS) is 11.8. The molecule has 0 atom stereocenters. The smallest absolute Gasteiger partial charge is 0.0407 e. The molecule has 0 saturated heterocycles. The number of aryl methyl sites for hydroxylation is 2. The molecule has 1 aromatic heterocycles. The van der Waals surface area contributed by atoms with Gasteiger partial charge in [-0.25, -0.2) is 0 Å². The molecule has 1 nitrogen and oxygen atoms in total. The largest absolute Gasteiger partial charge is 0.258 e. The summed E-state index contributed by atoms with van der Waals surface area (Å²) in [6, 6.07) is 0. The zero-order valence-electron chi connectivity index (χ0n) is 16.7. The number of aromatic nitrogens is 1. The van der Waals surface area contributed by atoms with Crippen molar-refractivity contribution in [3.05, 3.63) is 50.9 Å². The SMILES string of the molecule is C.CC#CC.CC1=CCC(C)=C1C.Cc1nc(C)c(C)c(C)c1C. The van der Waals surface area contributed by atoms with Crippen LogP contribution in [0, 0.1) is 46.5 Å². The molecule has 0 radical (unpaired) electrons. The predicted octanol–water partition coefficient (Wildman–Crippen LogP) is 6.96. The highest BCUT2D eigenvalue weighted by molar-refractivity contribution is 5.38. The van der Waals surface area contributed by atoms with Gasteiger partial charge in [-0.05, 0) is 97.9 Å². The highest BCUT2D eigenvalue weighted by atomic mass is 14.7. The number of hydrogen-bond donors (Lipinski definition) is 0. The van der Waals surface area contributed by atoms with Crippen LogP contribution in [0.5, 0.6) is 0 Å². The summed E-state index contributed by atoms with van der Waals surface area (Å²) in [4.78, 5) is 4.43. The molecule has 1 aliphatic carbocycles. The fourth-order valence-corrected chi connectivity index (χ4v) is 2.19. The Morgan fingerprint density at radius 2 is 1.17 bits per heavy atom. The van der Waals surface area contributed by atoms with Gasteiger partial charge in [-0.1, -0.05) is 24.6 Å². The molecule has 0 amide bonds. The van der Waals surface area contributed by atoms with Crippen molar-refractivity contribution in [3.8, 4) is 11.8 Å². The van der Waals surface area contributed by atoms with E-state index in [2.05, 4.69) is 78.3 Å². The first-order valence-corrected chi connectivity index (χ1v) is 8.25. The third kappa shape index (κ3) is 7.18. The maximum atomic E-state index is 4.43. The third-order valence-electron chi connectivity index (χ3n) is 4.74. The third-order valence-corrected chi connectivity index (χ3v) is 4.74. The minimum Gasteiger partial charge on any atom is -0.258 e. The van der Waals surface area contributed by atoms with Gasteiger partial charge in [-0.2, -0.15) is 0 Å². The summed E-state index contributed by atoms with van der Waals surface area (Å²) in [7, 11) is 0. The second-order valence-corrected chi connectivity index (χ2v) is 6.15. The van der Waals surface area contributed by atoms with Crippen molar-refractivity contribution in [2.24, 2.45) is 0 Å². The molecule has 0 spiro atoms. The Bertz CT molecular complexity index is 624. The van der Waals surface area contributed by atoms with E-state index >= 15 is 0 Å². The van der Waals surface area contributed by atoms with Gasteiger partial charge in [0.25, 0.3) is 0 Å². The first kappa shape index (κ1) is 24.4. The minimum atomic E-state index is 0. The van der Waals surface area contributed by atoms with Gasteiger partial charge in [0.05, 0.1) is 0 Å².